The zero-order valence-corrected chi connectivity index (χ0v) is 10.5. The van der Waals surface area contributed by atoms with Crippen LogP contribution < -0.4 is 0 Å². The van der Waals surface area contributed by atoms with E-state index >= 15 is 0 Å². The van der Waals surface area contributed by atoms with Gasteiger partial charge in [0.05, 0.1) is 11.6 Å². The number of hydrogen-bond donors (Lipinski definition) is 0. The minimum Gasteiger partial charge on any atom is -0.275 e. The average Bonchev–Trinajstić information content (AvgIpc) is 2.59. The first kappa shape index (κ1) is 11.2. The van der Waals surface area contributed by atoms with Gasteiger partial charge >= 0.3 is 0 Å². The molecule has 0 bridgehead atoms. The Balaban J connectivity index is 2.57. The van der Waals surface area contributed by atoms with Crippen molar-refractivity contribution in [1.29, 1.82) is 0 Å². The van der Waals surface area contributed by atoms with Crippen molar-refractivity contribution in [2.75, 3.05) is 0 Å². The van der Waals surface area contributed by atoms with E-state index in [9.17, 15) is 0 Å². The molecule has 2 aromatic rings. The van der Waals surface area contributed by atoms with Gasteiger partial charge in [0.15, 0.2) is 0 Å². The molecule has 0 N–H and O–H groups in total. The molecular formula is C13H15ClN2. The van der Waals surface area contributed by atoms with Crippen molar-refractivity contribution in [3.05, 3.63) is 41.1 Å². The molecule has 0 saturated heterocycles. The fourth-order valence-corrected chi connectivity index (χ4v) is 2.14. The van der Waals surface area contributed by atoms with Gasteiger partial charge < -0.3 is 0 Å². The summed E-state index contributed by atoms with van der Waals surface area (Å²) in [6.07, 6.45) is 1.97. The van der Waals surface area contributed by atoms with Gasteiger partial charge in [-0.15, -0.1) is 11.6 Å². The highest BCUT2D eigenvalue weighted by Crippen LogP contribution is 2.26. The first-order chi connectivity index (χ1) is 7.61. The maximum atomic E-state index is 5.93. The van der Waals surface area contributed by atoms with Crippen LogP contribution in [0.4, 0.5) is 0 Å². The van der Waals surface area contributed by atoms with Gasteiger partial charge in [0.25, 0.3) is 0 Å². The molecule has 0 amide bonds. The number of benzene rings is 1. The minimum atomic E-state index is 0.497. The minimum absolute atomic E-state index is 0.497. The predicted octanol–water partition coefficient (Wildman–Crippen LogP) is 3.44. The number of alkyl halides is 1. The van der Waals surface area contributed by atoms with Crippen LogP contribution >= 0.6 is 11.6 Å². The zero-order chi connectivity index (χ0) is 11.7. The van der Waals surface area contributed by atoms with E-state index in [0.29, 0.717) is 5.88 Å². The molecule has 84 valence electrons. The molecule has 1 aromatic carbocycles. The van der Waals surface area contributed by atoms with Crippen LogP contribution in [0.15, 0.2) is 24.4 Å². The van der Waals surface area contributed by atoms with Crippen molar-refractivity contribution in [3.63, 3.8) is 0 Å². The second-order valence-electron chi connectivity index (χ2n) is 4.13. The Morgan fingerprint density at radius 3 is 2.69 bits per heavy atom. The van der Waals surface area contributed by atoms with Gasteiger partial charge in [0, 0.05) is 24.4 Å². The van der Waals surface area contributed by atoms with E-state index in [4.69, 9.17) is 11.6 Å². The Morgan fingerprint density at radius 1 is 1.31 bits per heavy atom. The monoisotopic (exact) mass is 234 g/mol. The summed E-state index contributed by atoms with van der Waals surface area (Å²) in [7, 11) is 1.92. The molecule has 0 radical (unpaired) electrons. The summed E-state index contributed by atoms with van der Waals surface area (Å²) in [6.45, 7) is 4.20. The molecule has 0 spiro atoms. The van der Waals surface area contributed by atoms with Crippen LogP contribution in [0.3, 0.4) is 0 Å². The third-order valence-electron chi connectivity index (χ3n) is 2.69. The number of hydrogen-bond acceptors (Lipinski definition) is 1. The molecular weight excluding hydrogens is 220 g/mol. The van der Waals surface area contributed by atoms with Gasteiger partial charge in [0.1, 0.15) is 0 Å². The van der Waals surface area contributed by atoms with Crippen molar-refractivity contribution in [2.24, 2.45) is 7.05 Å². The highest BCUT2D eigenvalue weighted by molar-refractivity contribution is 6.17. The molecule has 0 fully saturated rings. The highest BCUT2D eigenvalue weighted by Gasteiger charge is 2.11. The lowest BCUT2D eigenvalue weighted by atomic mass is 10.0. The van der Waals surface area contributed by atoms with E-state index in [0.717, 1.165) is 11.3 Å². The maximum Gasteiger partial charge on any atom is 0.0969 e. The molecule has 1 aromatic heterocycles. The molecule has 1 heterocycles. The molecule has 16 heavy (non-hydrogen) atoms. The fraction of sp³-hybridized carbons (Fsp3) is 0.308. The van der Waals surface area contributed by atoms with Crippen LogP contribution in [0.1, 0.15) is 16.7 Å². The number of aryl methyl sites for hydroxylation is 3. The van der Waals surface area contributed by atoms with Gasteiger partial charge in [-0.05, 0) is 19.4 Å². The van der Waals surface area contributed by atoms with E-state index < -0.39 is 0 Å². The van der Waals surface area contributed by atoms with Crippen LogP contribution in [0, 0.1) is 13.8 Å². The summed E-state index contributed by atoms with van der Waals surface area (Å²) in [4.78, 5) is 0. The first-order valence-electron chi connectivity index (χ1n) is 5.28. The Kier molecular flexibility index (Phi) is 3.01. The van der Waals surface area contributed by atoms with Crippen LogP contribution in [0.2, 0.25) is 0 Å². The maximum absolute atomic E-state index is 5.93. The number of nitrogens with zero attached hydrogens (tertiary/aromatic N) is 2. The zero-order valence-electron chi connectivity index (χ0n) is 9.79. The molecule has 0 saturated carbocycles. The first-order valence-corrected chi connectivity index (χ1v) is 5.81. The summed E-state index contributed by atoms with van der Waals surface area (Å²) < 4.78 is 1.81. The van der Waals surface area contributed by atoms with Crippen molar-refractivity contribution < 1.29 is 0 Å². The Morgan fingerprint density at radius 2 is 2.06 bits per heavy atom. The van der Waals surface area contributed by atoms with Gasteiger partial charge in [0.2, 0.25) is 0 Å². The van der Waals surface area contributed by atoms with Crippen LogP contribution in [0.5, 0.6) is 0 Å². The van der Waals surface area contributed by atoms with Crippen molar-refractivity contribution in [1.82, 2.24) is 9.78 Å². The molecule has 0 unspecified atom stereocenters. The summed E-state index contributed by atoms with van der Waals surface area (Å²) in [6, 6.07) is 6.39. The van der Waals surface area contributed by atoms with Crippen molar-refractivity contribution >= 4 is 11.6 Å². The van der Waals surface area contributed by atoms with Crippen LogP contribution in [-0.4, -0.2) is 9.78 Å². The molecule has 3 heteroatoms. The second kappa shape index (κ2) is 4.30. The molecule has 2 nitrogen and oxygen atoms in total. The Hall–Kier alpha value is -1.28. The van der Waals surface area contributed by atoms with E-state index in [1.807, 2.05) is 17.9 Å². The summed E-state index contributed by atoms with van der Waals surface area (Å²) in [5, 5.41) is 4.47. The lowest BCUT2D eigenvalue weighted by Gasteiger charge is -2.05. The third kappa shape index (κ3) is 1.98. The van der Waals surface area contributed by atoms with Crippen LogP contribution in [-0.2, 0) is 12.9 Å². The SMILES string of the molecule is Cc1ccc(-c2nn(C)cc2CCl)c(C)c1. The molecule has 0 aliphatic rings. The van der Waals surface area contributed by atoms with E-state index in [1.54, 1.807) is 0 Å². The number of halogens is 1. The molecule has 2 rings (SSSR count). The third-order valence-corrected chi connectivity index (χ3v) is 2.97. The fourth-order valence-electron chi connectivity index (χ4n) is 1.94. The lowest BCUT2D eigenvalue weighted by molar-refractivity contribution is 0.770. The van der Waals surface area contributed by atoms with Gasteiger partial charge in [-0.3, -0.25) is 4.68 Å². The smallest absolute Gasteiger partial charge is 0.0969 e. The number of aromatic nitrogens is 2. The van der Waals surface area contributed by atoms with Gasteiger partial charge in [-0.2, -0.15) is 5.10 Å². The Bertz CT molecular complexity index is 515. The van der Waals surface area contributed by atoms with Gasteiger partial charge in [-0.25, -0.2) is 0 Å². The summed E-state index contributed by atoms with van der Waals surface area (Å²) >= 11 is 5.93. The van der Waals surface area contributed by atoms with Gasteiger partial charge in [-0.1, -0.05) is 23.8 Å². The highest BCUT2D eigenvalue weighted by atomic mass is 35.5. The standard InChI is InChI=1S/C13H15ClN2/c1-9-4-5-12(10(2)6-9)13-11(7-14)8-16(3)15-13/h4-6,8H,7H2,1-3H3. The normalized spacial score (nSPS) is 10.8. The number of rotatable bonds is 2. The average molecular weight is 235 g/mol. The van der Waals surface area contributed by atoms with E-state index in [2.05, 4.69) is 37.1 Å². The Labute approximate surface area is 101 Å². The lowest BCUT2D eigenvalue weighted by Crippen LogP contribution is -1.90. The van der Waals surface area contributed by atoms with E-state index in [-0.39, 0.29) is 0 Å². The van der Waals surface area contributed by atoms with E-state index in [1.165, 1.54) is 16.7 Å². The summed E-state index contributed by atoms with van der Waals surface area (Å²) in [5.41, 5.74) is 5.75. The van der Waals surface area contributed by atoms with Crippen molar-refractivity contribution in [2.45, 2.75) is 19.7 Å². The molecule has 0 atom stereocenters. The molecule has 0 aliphatic carbocycles. The second-order valence-corrected chi connectivity index (χ2v) is 4.40. The van der Waals surface area contributed by atoms with Crippen LogP contribution in [0.25, 0.3) is 11.3 Å². The molecule has 0 aliphatic heterocycles. The predicted molar refractivity (Wildman–Crippen MR) is 67.7 cm³/mol. The quantitative estimate of drug-likeness (QED) is 0.728. The summed E-state index contributed by atoms with van der Waals surface area (Å²) in [5.74, 6) is 0.497. The largest absolute Gasteiger partial charge is 0.275 e. The topological polar surface area (TPSA) is 17.8 Å². The van der Waals surface area contributed by atoms with Crippen molar-refractivity contribution in [3.8, 4) is 11.3 Å².